The van der Waals surface area contributed by atoms with Gasteiger partial charge in [-0.1, -0.05) is 36.6 Å². The number of hydrogen-bond donors (Lipinski definition) is 2. The van der Waals surface area contributed by atoms with Crippen molar-refractivity contribution in [2.75, 3.05) is 13.2 Å². The first kappa shape index (κ1) is 38.5. The van der Waals surface area contributed by atoms with Gasteiger partial charge in [0.05, 0.1) is 36.3 Å². The van der Waals surface area contributed by atoms with Crippen LogP contribution in [0.3, 0.4) is 0 Å². The number of nitrogens with one attached hydrogen (secondary N) is 2. The van der Waals surface area contributed by atoms with Gasteiger partial charge in [0.1, 0.15) is 28.8 Å². The Balaban J connectivity index is 1.51. The second-order valence-electron chi connectivity index (χ2n) is 15.3. The molecule has 1 aromatic carbocycles. The molecule has 12 heteroatoms. The molecule has 2 N–H and O–H groups in total. The molecule has 3 heterocycles. The summed E-state index contributed by atoms with van der Waals surface area (Å²) in [4.78, 5) is 75.4. The highest BCUT2D eigenvalue weighted by atomic mass is 16.6. The smallest absolute Gasteiger partial charge is 0.408 e. The van der Waals surface area contributed by atoms with E-state index < -0.39 is 52.7 Å². The third kappa shape index (κ3) is 8.00. The molecule has 0 radical (unpaired) electrons. The van der Waals surface area contributed by atoms with Crippen molar-refractivity contribution >= 4 is 40.6 Å². The average Bonchev–Trinajstić information content (AvgIpc) is 3.67. The van der Waals surface area contributed by atoms with E-state index in [0.29, 0.717) is 40.8 Å². The van der Waals surface area contributed by atoms with Crippen LogP contribution in [0, 0.1) is 19.8 Å². The molecule has 2 fully saturated rings. The van der Waals surface area contributed by atoms with Crippen LogP contribution in [0.2, 0.25) is 0 Å². The summed E-state index contributed by atoms with van der Waals surface area (Å²) in [6.45, 7) is 18.2. The lowest BCUT2D eigenvalue weighted by Crippen LogP contribution is -2.57. The van der Waals surface area contributed by atoms with Crippen molar-refractivity contribution in [2.45, 2.75) is 122 Å². The number of allylic oxidation sites excluding steroid dienone is 1. The molecule has 0 unspecified atom stereocenters. The summed E-state index contributed by atoms with van der Waals surface area (Å²) in [6.07, 6.45) is 6.23. The number of pyridine rings is 1. The van der Waals surface area contributed by atoms with E-state index in [4.69, 9.17) is 19.2 Å². The predicted molar refractivity (Wildman–Crippen MR) is 196 cm³/mol. The number of esters is 1. The number of nitrogens with zero attached hydrogens (tertiary/aromatic N) is 2. The van der Waals surface area contributed by atoms with Crippen LogP contribution in [-0.2, 0) is 23.9 Å². The van der Waals surface area contributed by atoms with Gasteiger partial charge in [-0.2, -0.15) is 0 Å². The minimum atomic E-state index is -1.31. The molecule has 280 valence electrons. The summed E-state index contributed by atoms with van der Waals surface area (Å²) in [5.41, 5.74) is -0.820. The molecule has 3 aliphatic rings. The number of carbonyl (C=O) groups excluding carboxylic acids is 5. The fourth-order valence-electron chi connectivity index (χ4n) is 7.42. The second-order valence-corrected chi connectivity index (χ2v) is 15.3. The van der Waals surface area contributed by atoms with E-state index in [1.807, 2.05) is 31.2 Å². The Morgan fingerprint density at radius 3 is 2.54 bits per heavy atom. The van der Waals surface area contributed by atoms with E-state index in [-0.39, 0.29) is 44.1 Å². The molecule has 2 aliphatic heterocycles. The maximum Gasteiger partial charge on any atom is 0.408 e. The predicted octanol–water partition coefficient (Wildman–Crippen LogP) is 5.81. The van der Waals surface area contributed by atoms with Crippen molar-refractivity contribution in [3.8, 4) is 5.75 Å². The van der Waals surface area contributed by atoms with Gasteiger partial charge < -0.3 is 29.7 Å². The first-order valence-corrected chi connectivity index (χ1v) is 18.2. The fraction of sp³-hybridized carbons (Fsp3) is 0.550. The first-order valence-electron chi connectivity index (χ1n) is 18.2. The molecule has 5 rings (SSSR count). The number of aryl methyl sites for hydroxylation is 2. The van der Waals surface area contributed by atoms with Crippen molar-refractivity contribution in [1.29, 1.82) is 0 Å². The molecule has 1 saturated heterocycles. The molecule has 2 aromatic rings. The van der Waals surface area contributed by atoms with Gasteiger partial charge in [0.2, 0.25) is 11.8 Å². The van der Waals surface area contributed by atoms with Crippen molar-refractivity contribution in [3.63, 3.8) is 0 Å². The summed E-state index contributed by atoms with van der Waals surface area (Å²) < 4.78 is 17.6. The Hall–Kier alpha value is -4.74. The van der Waals surface area contributed by atoms with Crippen LogP contribution < -0.4 is 15.4 Å². The molecular formula is C40H52N4O8. The summed E-state index contributed by atoms with van der Waals surface area (Å²) in [7, 11) is 0. The first-order chi connectivity index (χ1) is 24.6. The van der Waals surface area contributed by atoms with E-state index in [9.17, 15) is 24.0 Å². The topological polar surface area (TPSA) is 153 Å². The molecule has 1 aromatic heterocycles. The lowest BCUT2D eigenvalue weighted by Gasteiger charge is -2.36. The van der Waals surface area contributed by atoms with Crippen molar-refractivity contribution in [2.24, 2.45) is 5.92 Å². The Morgan fingerprint density at radius 2 is 1.88 bits per heavy atom. The average molecular weight is 717 g/mol. The third-order valence-electron chi connectivity index (χ3n) is 10.0. The number of fused-ring (bicyclic) bond motifs is 3. The maximum absolute atomic E-state index is 14.7. The summed E-state index contributed by atoms with van der Waals surface area (Å²) in [6, 6.07) is 3.53. The fourth-order valence-corrected chi connectivity index (χ4v) is 7.42. The molecule has 1 spiro atoms. The number of aromatic nitrogens is 1. The largest absolute Gasteiger partial charge is 0.482 e. The SMILES string of the molecule is C=CCCCCC[C@H](NC(=O)OC(C)(C)C)C(=O)N1C[C@@]2(CC(=O)c3c(c(C)nc4ccc(C)cc34)O2)C[C@H]1C(=O)N[C@]1(C(=O)OCC)C[C@H]1C=C. The molecular weight excluding hydrogens is 664 g/mol. The van der Waals surface area contributed by atoms with E-state index in [1.165, 1.54) is 4.90 Å². The monoisotopic (exact) mass is 716 g/mol. The number of likely N-dealkylation sites (tertiary alicyclic amines) is 1. The van der Waals surface area contributed by atoms with Gasteiger partial charge >= 0.3 is 12.1 Å². The molecule has 1 aliphatic carbocycles. The van der Waals surface area contributed by atoms with E-state index in [0.717, 1.165) is 24.8 Å². The Labute approximate surface area is 305 Å². The van der Waals surface area contributed by atoms with Crippen LogP contribution in [0.4, 0.5) is 4.79 Å². The van der Waals surface area contributed by atoms with E-state index in [2.05, 4.69) is 23.8 Å². The minimum absolute atomic E-state index is 0.0306. The number of benzene rings is 1. The van der Waals surface area contributed by atoms with Gasteiger partial charge in [0.15, 0.2) is 11.5 Å². The van der Waals surface area contributed by atoms with Gasteiger partial charge in [0.25, 0.3) is 0 Å². The van der Waals surface area contributed by atoms with Crippen LogP contribution in [0.15, 0.2) is 43.5 Å². The standard InChI is InChI=1S/C40H52N4O8/c1-9-12-13-14-15-16-29(42-37(49)52-38(6,7)8)35(47)44-23-39(21-30(44)34(46)43-40(20-26(40)10-2)36(48)50-11-3)22-31(45)32-27-19-24(4)17-18-28(27)41-25(5)33(32)51-39/h9-10,17-19,26,29-30H,1-2,11-16,20-23H2,3-8H3,(H,42,49)(H,43,46)/t26-,29+,30+,39+,40-/m1/s1. The summed E-state index contributed by atoms with van der Waals surface area (Å²) in [5, 5.41) is 6.33. The second kappa shape index (κ2) is 15.1. The van der Waals surface area contributed by atoms with Gasteiger partial charge in [-0.25, -0.2) is 14.6 Å². The third-order valence-corrected chi connectivity index (χ3v) is 10.0. The molecule has 12 nitrogen and oxygen atoms in total. The van der Waals surface area contributed by atoms with Crippen LogP contribution in [0.25, 0.3) is 10.9 Å². The van der Waals surface area contributed by atoms with Crippen LogP contribution in [0.1, 0.15) is 101 Å². The van der Waals surface area contributed by atoms with E-state index >= 15 is 0 Å². The zero-order valence-electron chi connectivity index (χ0n) is 31.3. The highest BCUT2D eigenvalue weighted by Crippen LogP contribution is 2.47. The number of carbonyl (C=O) groups is 5. The van der Waals surface area contributed by atoms with E-state index in [1.54, 1.807) is 40.7 Å². The Kier molecular flexibility index (Phi) is 11.2. The molecule has 3 amide bonds. The van der Waals surface area contributed by atoms with Crippen molar-refractivity contribution < 1.29 is 38.2 Å². The highest BCUT2D eigenvalue weighted by molar-refractivity contribution is 6.11. The number of ketones is 1. The van der Waals surface area contributed by atoms with Gasteiger partial charge in [-0.3, -0.25) is 14.4 Å². The highest BCUT2D eigenvalue weighted by Gasteiger charge is 2.63. The molecule has 52 heavy (non-hydrogen) atoms. The Bertz CT molecular complexity index is 1780. The number of amides is 3. The maximum atomic E-state index is 14.7. The number of rotatable bonds is 13. The number of Topliss-reactive ketones (excluding diaryl/α,β-unsaturated/α-hetero) is 1. The zero-order valence-corrected chi connectivity index (χ0v) is 31.3. The zero-order chi connectivity index (χ0) is 38.0. The number of hydrogen-bond acceptors (Lipinski definition) is 9. The lowest BCUT2D eigenvalue weighted by atomic mass is 9.86. The number of alkyl carbamates (subject to hydrolysis) is 1. The summed E-state index contributed by atoms with van der Waals surface area (Å²) in [5.74, 6) is -1.89. The number of unbranched alkanes of at least 4 members (excludes halogenated alkanes) is 3. The lowest BCUT2D eigenvalue weighted by molar-refractivity contribution is -0.150. The molecule has 1 saturated carbocycles. The van der Waals surface area contributed by atoms with Crippen LogP contribution in [0.5, 0.6) is 5.75 Å². The minimum Gasteiger partial charge on any atom is -0.482 e. The Morgan fingerprint density at radius 1 is 1.13 bits per heavy atom. The normalized spacial score (nSPS) is 24.0. The van der Waals surface area contributed by atoms with Crippen LogP contribution in [-0.4, -0.2) is 81.5 Å². The molecule has 5 atom stereocenters. The number of ether oxygens (including phenoxy) is 3. The van der Waals surface area contributed by atoms with Gasteiger partial charge in [0, 0.05) is 17.7 Å². The molecule has 0 bridgehead atoms. The summed E-state index contributed by atoms with van der Waals surface area (Å²) >= 11 is 0. The van der Waals surface area contributed by atoms with Gasteiger partial charge in [-0.15, -0.1) is 13.2 Å². The van der Waals surface area contributed by atoms with Gasteiger partial charge in [-0.05, 0) is 79.4 Å². The van der Waals surface area contributed by atoms with Crippen LogP contribution >= 0.6 is 0 Å². The van der Waals surface area contributed by atoms with Crippen molar-refractivity contribution in [3.05, 3.63) is 60.3 Å². The van der Waals surface area contributed by atoms with Crippen molar-refractivity contribution in [1.82, 2.24) is 20.5 Å². The quantitative estimate of drug-likeness (QED) is 0.149.